The van der Waals surface area contributed by atoms with E-state index in [1.807, 2.05) is 25.1 Å². The minimum absolute atomic E-state index is 0.260. The van der Waals surface area contributed by atoms with E-state index in [1.165, 1.54) is 12.8 Å². The van der Waals surface area contributed by atoms with Crippen LogP contribution in [0.15, 0.2) is 23.4 Å². The van der Waals surface area contributed by atoms with E-state index >= 15 is 0 Å². The van der Waals surface area contributed by atoms with Crippen molar-refractivity contribution in [3.05, 3.63) is 29.6 Å². The summed E-state index contributed by atoms with van der Waals surface area (Å²) in [7, 11) is 1.65. The fourth-order valence-electron chi connectivity index (χ4n) is 3.33. The van der Waals surface area contributed by atoms with Gasteiger partial charge in [0.05, 0.1) is 18.9 Å². The van der Waals surface area contributed by atoms with Crippen molar-refractivity contribution in [3.8, 4) is 11.5 Å². The first-order valence-corrected chi connectivity index (χ1v) is 8.52. The molecule has 8 heteroatoms. The topological polar surface area (TPSA) is 94.5 Å². The zero-order valence-corrected chi connectivity index (χ0v) is 14.4. The Morgan fingerprint density at radius 3 is 2.80 bits per heavy atom. The summed E-state index contributed by atoms with van der Waals surface area (Å²) in [5.74, 6) is 1.97. The van der Waals surface area contributed by atoms with Crippen LogP contribution in [0.4, 0.5) is 0 Å². The van der Waals surface area contributed by atoms with Crippen LogP contribution in [0.1, 0.15) is 50.4 Å². The van der Waals surface area contributed by atoms with Gasteiger partial charge in [0, 0.05) is 12.0 Å². The molecule has 25 heavy (non-hydrogen) atoms. The first kappa shape index (κ1) is 15.9. The number of tetrazole rings is 1. The number of ether oxygens (including phenoxy) is 2. The molecule has 1 aromatic heterocycles. The normalized spacial score (nSPS) is 23.4. The lowest BCUT2D eigenvalue weighted by molar-refractivity contribution is -0.0144. The van der Waals surface area contributed by atoms with Crippen molar-refractivity contribution in [2.24, 2.45) is 5.16 Å². The molecule has 0 spiro atoms. The monoisotopic (exact) mass is 343 g/mol. The smallest absolute Gasteiger partial charge is 0.220 e. The van der Waals surface area contributed by atoms with Crippen molar-refractivity contribution in [3.63, 3.8) is 0 Å². The minimum Gasteiger partial charge on any atom is -0.493 e. The molecule has 1 aliphatic heterocycles. The molecule has 2 aromatic rings. The molecule has 1 atom stereocenters. The zero-order chi connectivity index (χ0) is 17.3. The van der Waals surface area contributed by atoms with Crippen molar-refractivity contribution < 1.29 is 14.3 Å². The third-order valence-corrected chi connectivity index (χ3v) is 4.77. The summed E-state index contributed by atoms with van der Waals surface area (Å²) in [6.45, 7) is 1.90. The van der Waals surface area contributed by atoms with E-state index in [4.69, 9.17) is 14.3 Å². The Hall–Kier alpha value is -2.64. The number of H-pyrrole nitrogens is 1. The quantitative estimate of drug-likeness (QED) is 0.896. The van der Waals surface area contributed by atoms with E-state index in [0.29, 0.717) is 12.2 Å². The van der Waals surface area contributed by atoms with Gasteiger partial charge in [0.25, 0.3) is 0 Å². The number of oxime groups is 1. The Labute approximate surface area is 145 Å². The molecule has 1 aliphatic carbocycles. The van der Waals surface area contributed by atoms with Gasteiger partial charge in [-0.05, 0) is 50.8 Å². The van der Waals surface area contributed by atoms with Crippen LogP contribution in [-0.4, -0.2) is 39.5 Å². The highest BCUT2D eigenvalue weighted by Gasteiger charge is 2.40. The van der Waals surface area contributed by atoms with Crippen LogP contribution < -0.4 is 9.47 Å². The molecule has 0 saturated heterocycles. The molecule has 1 unspecified atom stereocenters. The Morgan fingerprint density at radius 1 is 1.24 bits per heavy atom. The number of methoxy groups -OCH3 is 1. The zero-order valence-electron chi connectivity index (χ0n) is 14.4. The van der Waals surface area contributed by atoms with Gasteiger partial charge in [-0.3, -0.25) is 0 Å². The van der Waals surface area contributed by atoms with Crippen LogP contribution in [0.5, 0.6) is 11.5 Å². The molecule has 4 rings (SSSR count). The summed E-state index contributed by atoms with van der Waals surface area (Å²) in [5.41, 5.74) is 1.06. The average Bonchev–Trinajstić information content (AvgIpc) is 3.37. The third kappa shape index (κ3) is 3.04. The van der Waals surface area contributed by atoms with Crippen molar-refractivity contribution in [1.29, 1.82) is 0 Å². The summed E-state index contributed by atoms with van der Waals surface area (Å²) in [5, 5.41) is 18.3. The van der Waals surface area contributed by atoms with E-state index in [2.05, 4.69) is 25.8 Å². The molecule has 2 heterocycles. The maximum absolute atomic E-state index is 6.16. The van der Waals surface area contributed by atoms with Crippen molar-refractivity contribution >= 4 is 5.71 Å². The first-order chi connectivity index (χ1) is 12.2. The highest BCUT2D eigenvalue weighted by atomic mass is 16.7. The summed E-state index contributed by atoms with van der Waals surface area (Å²) < 4.78 is 11.6. The number of aromatic nitrogens is 4. The summed E-state index contributed by atoms with van der Waals surface area (Å²) in [4.78, 5) is 5.61. The SMILES string of the molecule is COc1ccc(C2=NOC(C)(c3nn[nH]n3)C2)cc1OC1CCCC1. The van der Waals surface area contributed by atoms with Gasteiger partial charge in [-0.15, -0.1) is 10.2 Å². The maximum Gasteiger partial charge on any atom is 0.220 e. The number of nitrogens with one attached hydrogen (secondary N) is 1. The third-order valence-electron chi connectivity index (χ3n) is 4.77. The van der Waals surface area contributed by atoms with E-state index in [0.717, 1.165) is 35.6 Å². The minimum atomic E-state index is -0.714. The fourth-order valence-corrected chi connectivity index (χ4v) is 3.33. The largest absolute Gasteiger partial charge is 0.493 e. The molecule has 2 aliphatic rings. The molecule has 1 aromatic carbocycles. The predicted molar refractivity (Wildman–Crippen MR) is 89.6 cm³/mol. The second-order valence-corrected chi connectivity index (χ2v) is 6.66. The standard InChI is InChI=1S/C17H21N5O3/c1-17(16-18-21-22-19-16)10-13(20-25-17)11-7-8-14(23-2)15(9-11)24-12-5-3-4-6-12/h7-9,12H,3-6,10H2,1-2H3,(H,18,19,21,22). The highest BCUT2D eigenvalue weighted by molar-refractivity contribution is 6.02. The van der Waals surface area contributed by atoms with Crippen LogP contribution in [0.25, 0.3) is 0 Å². The molecule has 1 N–H and O–H groups in total. The number of rotatable bonds is 5. The number of aromatic amines is 1. The molecular weight excluding hydrogens is 322 g/mol. The Bertz CT molecular complexity index is 771. The molecule has 8 nitrogen and oxygen atoms in total. The van der Waals surface area contributed by atoms with Gasteiger partial charge in [-0.2, -0.15) is 5.21 Å². The van der Waals surface area contributed by atoms with Gasteiger partial charge >= 0.3 is 0 Å². The number of hydrogen-bond acceptors (Lipinski definition) is 7. The molecule has 0 radical (unpaired) electrons. The van der Waals surface area contributed by atoms with E-state index in [1.54, 1.807) is 7.11 Å². The lowest BCUT2D eigenvalue weighted by atomic mass is 9.95. The van der Waals surface area contributed by atoms with Gasteiger partial charge in [0.15, 0.2) is 11.5 Å². The number of benzene rings is 1. The number of nitrogens with zero attached hydrogens (tertiary/aromatic N) is 4. The van der Waals surface area contributed by atoms with Crippen LogP contribution in [0.2, 0.25) is 0 Å². The Morgan fingerprint density at radius 2 is 2.08 bits per heavy atom. The molecule has 1 saturated carbocycles. The van der Waals surface area contributed by atoms with Gasteiger partial charge < -0.3 is 14.3 Å². The van der Waals surface area contributed by atoms with Gasteiger partial charge in [-0.25, -0.2) is 0 Å². The van der Waals surface area contributed by atoms with Crippen molar-refractivity contribution in [2.75, 3.05) is 7.11 Å². The van der Waals surface area contributed by atoms with Crippen LogP contribution >= 0.6 is 0 Å². The molecule has 132 valence electrons. The molecule has 1 fully saturated rings. The predicted octanol–water partition coefficient (Wildman–Crippen LogP) is 2.57. The van der Waals surface area contributed by atoms with Gasteiger partial charge in [0.2, 0.25) is 11.4 Å². The van der Waals surface area contributed by atoms with E-state index in [9.17, 15) is 0 Å². The maximum atomic E-state index is 6.16. The Balaban J connectivity index is 1.56. The lowest BCUT2D eigenvalue weighted by Gasteiger charge is -2.17. The molecule has 0 amide bonds. The van der Waals surface area contributed by atoms with E-state index in [-0.39, 0.29) is 6.10 Å². The second kappa shape index (κ2) is 6.34. The first-order valence-electron chi connectivity index (χ1n) is 8.52. The summed E-state index contributed by atoms with van der Waals surface area (Å²) in [6.07, 6.45) is 5.44. The molecular formula is C17H21N5O3. The Kier molecular flexibility index (Phi) is 4.03. The number of hydrogen-bond donors (Lipinski definition) is 1. The fraction of sp³-hybridized carbons (Fsp3) is 0.529. The van der Waals surface area contributed by atoms with Crippen LogP contribution in [-0.2, 0) is 10.4 Å². The average molecular weight is 343 g/mol. The summed E-state index contributed by atoms with van der Waals surface area (Å²) in [6, 6.07) is 5.85. The van der Waals surface area contributed by atoms with Gasteiger partial charge in [-0.1, -0.05) is 10.4 Å². The lowest BCUT2D eigenvalue weighted by Crippen LogP contribution is -2.24. The van der Waals surface area contributed by atoms with Crippen LogP contribution in [0, 0.1) is 0 Å². The van der Waals surface area contributed by atoms with Crippen LogP contribution in [0.3, 0.4) is 0 Å². The second-order valence-electron chi connectivity index (χ2n) is 6.66. The van der Waals surface area contributed by atoms with Gasteiger partial charge in [0.1, 0.15) is 0 Å². The van der Waals surface area contributed by atoms with Crippen molar-refractivity contribution in [1.82, 2.24) is 20.6 Å². The summed E-state index contributed by atoms with van der Waals surface area (Å²) >= 11 is 0. The van der Waals surface area contributed by atoms with Crippen molar-refractivity contribution in [2.45, 2.75) is 50.7 Å². The molecule has 0 bridgehead atoms. The van der Waals surface area contributed by atoms with E-state index < -0.39 is 5.60 Å². The highest BCUT2D eigenvalue weighted by Crippen LogP contribution is 2.37.